The van der Waals surface area contributed by atoms with Crippen molar-refractivity contribution in [3.63, 3.8) is 0 Å². The van der Waals surface area contributed by atoms with Gasteiger partial charge in [-0.2, -0.15) is 0 Å². The molecule has 1 rings (SSSR count). The monoisotopic (exact) mass is 252 g/mol. The van der Waals surface area contributed by atoms with Gasteiger partial charge in [0, 0.05) is 18.7 Å². The second-order valence-electron chi connectivity index (χ2n) is 3.66. The summed E-state index contributed by atoms with van der Waals surface area (Å²) in [6, 6.07) is 4.99. The van der Waals surface area contributed by atoms with Crippen LogP contribution in [-0.2, 0) is 4.74 Å². The van der Waals surface area contributed by atoms with E-state index >= 15 is 0 Å². The first-order chi connectivity index (χ1) is 8.69. The molecule has 3 N–H and O–H groups in total. The number of rotatable bonds is 7. The number of hydrogen-bond donors (Lipinski definition) is 2. The van der Waals surface area contributed by atoms with E-state index in [0.717, 1.165) is 0 Å². The molecule has 5 nitrogen and oxygen atoms in total. The third-order valence-corrected chi connectivity index (χ3v) is 2.30. The number of carbonyl (C=O) groups excluding carboxylic acids is 1. The highest BCUT2D eigenvalue weighted by molar-refractivity contribution is 5.95. The molecule has 0 heterocycles. The van der Waals surface area contributed by atoms with Gasteiger partial charge in [-0.15, -0.1) is 0 Å². The molecule has 0 aliphatic rings. The lowest BCUT2D eigenvalue weighted by molar-refractivity contribution is 0.0954. The largest absolute Gasteiger partial charge is 0.489 e. The molecule has 0 saturated carbocycles. The van der Waals surface area contributed by atoms with Crippen molar-refractivity contribution < 1.29 is 14.3 Å². The Morgan fingerprint density at radius 2 is 2.11 bits per heavy atom. The van der Waals surface area contributed by atoms with Gasteiger partial charge in [0.2, 0.25) is 0 Å². The lowest BCUT2D eigenvalue weighted by Crippen LogP contribution is -2.22. The molecular formula is C13H20N2O3. The summed E-state index contributed by atoms with van der Waals surface area (Å²) in [6.07, 6.45) is 0. The Hall–Kier alpha value is -1.75. The summed E-state index contributed by atoms with van der Waals surface area (Å²) in [5.41, 5.74) is 6.83. The molecule has 5 heteroatoms. The van der Waals surface area contributed by atoms with E-state index in [1.807, 2.05) is 13.8 Å². The zero-order valence-electron chi connectivity index (χ0n) is 10.9. The van der Waals surface area contributed by atoms with Crippen molar-refractivity contribution in [2.75, 3.05) is 32.1 Å². The average molecular weight is 252 g/mol. The minimum atomic E-state index is -0.132. The molecule has 1 amide bonds. The molecule has 1 aromatic carbocycles. The van der Waals surface area contributed by atoms with Gasteiger partial charge in [-0.3, -0.25) is 4.79 Å². The Kier molecular flexibility index (Phi) is 6.00. The molecule has 1 aromatic rings. The lowest BCUT2D eigenvalue weighted by atomic mass is 10.2. The maximum Gasteiger partial charge on any atom is 0.251 e. The minimum Gasteiger partial charge on any atom is -0.489 e. The van der Waals surface area contributed by atoms with Crippen molar-refractivity contribution in [1.29, 1.82) is 0 Å². The van der Waals surface area contributed by atoms with Gasteiger partial charge < -0.3 is 20.5 Å². The second-order valence-corrected chi connectivity index (χ2v) is 3.66. The van der Waals surface area contributed by atoms with Crippen molar-refractivity contribution in [3.05, 3.63) is 23.8 Å². The number of carbonyl (C=O) groups is 1. The van der Waals surface area contributed by atoms with E-state index in [0.29, 0.717) is 43.4 Å². The van der Waals surface area contributed by atoms with E-state index in [1.165, 1.54) is 0 Å². The summed E-state index contributed by atoms with van der Waals surface area (Å²) in [5, 5.41) is 2.72. The molecule has 0 saturated heterocycles. The summed E-state index contributed by atoms with van der Waals surface area (Å²) in [5.74, 6) is 0.380. The number of ether oxygens (including phenoxy) is 2. The van der Waals surface area contributed by atoms with Gasteiger partial charge in [0.15, 0.2) is 0 Å². The highest BCUT2D eigenvalue weighted by Gasteiger charge is 2.08. The first-order valence-corrected chi connectivity index (χ1v) is 6.07. The normalized spacial score (nSPS) is 10.1. The van der Waals surface area contributed by atoms with Gasteiger partial charge in [0.05, 0.1) is 12.3 Å². The summed E-state index contributed by atoms with van der Waals surface area (Å²) >= 11 is 0. The Morgan fingerprint density at radius 3 is 2.78 bits per heavy atom. The standard InChI is InChI=1S/C13H20N2O3/c1-3-15-13(16)10-5-6-11(14)12(9-10)18-8-7-17-4-2/h5-6,9H,3-4,7-8,14H2,1-2H3,(H,15,16). The van der Waals surface area contributed by atoms with Crippen LogP contribution in [0.25, 0.3) is 0 Å². The van der Waals surface area contributed by atoms with Crippen LogP contribution in [0.15, 0.2) is 18.2 Å². The predicted octanol–water partition coefficient (Wildman–Crippen LogP) is 1.43. The predicted molar refractivity (Wildman–Crippen MR) is 70.8 cm³/mol. The molecule has 0 aliphatic carbocycles. The maximum atomic E-state index is 11.7. The highest BCUT2D eigenvalue weighted by Crippen LogP contribution is 2.22. The SMILES string of the molecule is CCNC(=O)c1ccc(N)c(OCCOCC)c1. The summed E-state index contributed by atoms with van der Waals surface area (Å²) in [6.45, 7) is 5.94. The van der Waals surface area contributed by atoms with Crippen LogP contribution in [0.3, 0.4) is 0 Å². The van der Waals surface area contributed by atoms with Crippen molar-refractivity contribution in [2.45, 2.75) is 13.8 Å². The van der Waals surface area contributed by atoms with Gasteiger partial charge in [0.1, 0.15) is 12.4 Å². The molecule has 18 heavy (non-hydrogen) atoms. The van der Waals surface area contributed by atoms with Crippen molar-refractivity contribution >= 4 is 11.6 Å². The topological polar surface area (TPSA) is 73.6 Å². The van der Waals surface area contributed by atoms with Crippen molar-refractivity contribution in [3.8, 4) is 5.75 Å². The zero-order valence-corrected chi connectivity index (χ0v) is 10.9. The van der Waals surface area contributed by atoms with E-state index in [-0.39, 0.29) is 5.91 Å². The first-order valence-electron chi connectivity index (χ1n) is 6.07. The number of hydrogen-bond acceptors (Lipinski definition) is 4. The van der Waals surface area contributed by atoms with Gasteiger partial charge >= 0.3 is 0 Å². The Morgan fingerprint density at radius 1 is 1.33 bits per heavy atom. The number of benzene rings is 1. The molecule has 100 valence electrons. The molecule has 0 radical (unpaired) electrons. The molecule has 0 aliphatic heterocycles. The minimum absolute atomic E-state index is 0.132. The van der Waals surface area contributed by atoms with E-state index in [1.54, 1.807) is 18.2 Å². The third-order valence-electron chi connectivity index (χ3n) is 2.30. The molecule has 0 spiro atoms. The molecule has 0 aromatic heterocycles. The maximum absolute atomic E-state index is 11.7. The third kappa shape index (κ3) is 4.25. The van der Waals surface area contributed by atoms with Crippen LogP contribution in [0.4, 0.5) is 5.69 Å². The number of anilines is 1. The fourth-order valence-corrected chi connectivity index (χ4v) is 1.42. The summed E-state index contributed by atoms with van der Waals surface area (Å²) in [7, 11) is 0. The smallest absolute Gasteiger partial charge is 0.251 e. The first kappa shape index (κ1) is 14.3. The molecule has 0 atom stereocenters. The van der Waals surface area contributed by atoms with E-state index < -0.39 is 0 Å². The fraction of sp³-hybridized carbons (Fsp3) is 0.462. The molecular weight excluding hydrogens is 232 g/mol. The van der Waals surface area contributed by atoms with Crippen LogP contribution in [0.5, 0.6) is 5.75 Å². The number of nitrogens with two attached hydrogens (primary N) is 1. The van der Waals surface area contributed by atoms with Crippen LogP contribution in [-0.4, -0.2) is 32.3 Å². The highest BCUT2D eigenvalue weighted by atomic mass is 16.5. The Balaban J connectivity index is 2.66. The van der Waals surface area contributed by atoms with Crippen LogP contribution in [0.1, 0.15) is 24.2 Å². The molecule has 0 unspecified atom stereocenters. The van der Waals surface area contributed by atoms with Gasteiger partial charge in [0.25, 0.3) is 5.91 Å². The van der Waals surface area contributed by atoms with Crippen LogP contribution < -0.4 is 15.8 Å². The van der Waals surface area contributed by atoms with E-state index in [9.17, 15) is 4.79 Å². The Bertz CT molecular complexity index is 394. The van der Waals surface area contributed by atoms with Gasteiger partial charge in [-0.25, -0.2) is 0 Å². The summed E-state index contributed by atoms with van der Waals surface area (Å²) in [4.78, 5) is 11.7. The van der Waals surface area contributed by atoms with Crippen LogP contribution in [0, 0.1) is 0 Å². The summed E-state index contributed by atoms with van der Waals surface area (Å²) < 4.78 is 10.6. The zero-order chi connectivity index (χ0) is 13.4. The van der Waals surface area contributed by atoms with Crippen molar-refractivity contribution in [1.82, 2.24) is 5.32 Å². The fourth-order valence-electron chi connectivity index (χ4n) is 1.42. The van der Waals surface area contributed by atoms with Crippen LogP contribution >= 0.6 is 0 Å². The number of nitrogen functional groups attached to an aromatic ring is 1. The number of nitrogens with one attached hydrogen (secondary N) is 1. The van der Waals surface area contributed by atoms with Crippen molar-refractivity contribution in [2.24, 2.45) is 0 Å². The van der Waals surface area contributed by atoms with Gasteiger partial charge in [-0.1, -0.05) is 0 Å². The second kappa shape index (κ2) is 7.55. The van der Waals surface area contributed by atoms with Gasteiger partial charge in [-0.05, 0) is 32.0 Å². The molecule has 0 bridgehead atoms. The molecule has 0 fully saturated rings. The number of amides is 1. The van der Waals surface area contributed by atoms with E-state index in [2.05, 4.69) is 5.32 Å². The Labute approximate surface area is 107 Å². The quantitative estimate of drug-likeness (QED) is 0.569. The van der Waals surface area contributed by atoms with E-state index in [4.69, 9.17) is 15.2 Å². The lowest BCUT2D eigenvalue weighted by Gasteiger charge is -2.10. The van der Waals surface area contributed by atoms with Crippen LogP contribution in [0.2, 0.25) is 0 Å². The average Bonchev–Trinajstić information content (AvgIpc) is 2.37.